The van der Waals surface area contributed by atoms with E-state index in [9.17, 15) is 0 Å². The lowest BCUT2D eigenvalue weighted by atomic mass is 10.4. The van der Waals surface area contributed by atoms with Crippen LogP contribution >= 0.6 is 0 Å². The van der Waals surface area contributed by atoms with Gasteiger partial charge in [0.25, 0.3) is 0 Å². The van der Waals surface area contributed by atoms with Gasteiger partial charge < -0.3 is 9.53 Å². The number of aliphatic hydroxyl groups excluding tert-OH is 1. The second kappa shape index (κ2) is 3.89. The number of rotatable bonds is 2. The van der Waals surface area contributed by atoms with E-state index in [1.807, 2.05) is 0 Å². The second-order valence-electron chi connectivity index (χ2n) is 1.30. The summed E-state index contributed by atoms with van der Waals surface area (Å²) in [7, 11) is 0.697. The topological polar surface area (TPSA) is 29.5 Å². The van der Waals surface area contributed by atoms with Crippen molar-refractivity contribution < 1.29 is 9.53 Å². The maximum atomic E-state index is 8.53. The van der Waals surface area contributed by atoms with Crippen molar-refractivity contribution in [1.29, 1.82) is 0 Å². The van der Waals surface area contributed by atoms with E-state index < -0.39 is 0 Å². The Morgan fingerprint density at radius 3 is 2.57 bits per heavy atom. The first kappa shape index (κ1) is 6.72. The molecule has 0 aromatic rings. The predicted molar refractivity (Wildman–Crippen MR) is 31.8 cm³/mol. The van der Waals surface area contributed by atoms with Gasteiger partial charge in [0.2, 0.25) is 10.5 Å². The van der Waals surface area contributed by atoms with Gasteiger partial charge in [-0.05, 0) is 13.0 Å². The molecule has 0 radical (unpaired) electrons. The summed E-state index contributed by atoms with van der Waals surface area (Å²) in [5.74, 6) is 0. The van der Waals surface area contributed by atoms with Crippen LogP contribution in [0.2, 0.25) is 0 Å². The average Bonchev–Trinajstić information content (AvgIpc) is 1.61. The number of hydrogen-bond donors (Lipinski definition) is 1. The van der Waals surface area contributed by atoms with Gasteiger partial charge in [0, 0.05) is 0 Å². The number of aliphatic hydroxyl groups is 1. The van der Waals surface area contributed by atoms with Crippen LogP contribution < -0.4 is 0 Å². The third kappa shape index (κ3) is 5.72. The molecule has 0 aliphatic carbocycles. The monoisotopic (exact) mass is 118 g/mol. The molecule has 2 nitrogen and oxygen atoms in total. The quantitative estimate of drug-likeness (QED) is 0.379. The van der Waals surface area contributed by atoms with E-state index in [4.69, 9.17) is 5.11 Å². The molecule has 0 saturated heterocycles. The van der Waals surface area contributed by atoms with Crippen molar-refractivity contribution in [2.45, 2.75) is 13.0 Å². The summed E-state index contributed by atoms with van der Waals surface area (Å²) >= 11 is 0. The van der Waals surface area contributed by atoms with E-state index in [-0.39, 0.29) is 6.10 Å². The zero-order valence-electron chi connectivity index (χ0n) is 4.59. The van der Waals surface area contributed by atoms with E-state index in [1.54, 1.807) is 13.0 Å². The van der Waals surface area contributed by atoms with Gasteiger partial charge in [0.05, 0.1) is 12.4 Å². The largest absolute Gasteiger partial charge is 0.558 e. The molecule has 0 amide bonds. The van der Waals surface area contributed by atoms with Crippen molar-refractivity contribution in [1.82, 2.24) is 0 Å². The molecular weight excluding hydrogens is 108 g/mol. The van der Waals surface area contributed by atoms with Crippen molar-refractivity contribution in [2.24, 2.45) is 0 Å². The predicted octanol–water partition coefficient (Wildman–Crippen LogP) is -0.822. The first-order valence-electron chi connectivity index (χ1n) is 2.15. The Morgan fingerprint density at radius 1 is 1.86 bits per heavy atom. The summed E-state index contributed by atoms with van der Waals surface area (Å²) in [6.07, 6.45) is 2.72. The molecule has 0 aromatic heterocycles. The Balaban J connectivity index is 3.08. The molecule has 3 heteroatoms. The maximum absolute atomic E-state index is 8.53. The fourth-order valence-electron chi connectivity index (χ4n) is 0.192. The Labute approximate surface area is 46.3 Å². The molecule has 0 aliphatic rings. The molecule has 0 aliphatic heterocycles. The SMILES string of the molecule is CC(O)C=CO[SiH3]. The molecule has 0 heterocycles. The second-order valence-corrected chi connectivity index (χ2v) is 1.78. The van der Waals surface area contributed by atoms with Gasteiger partial charge >= 0.3 is 0 Å². The normalized spacial score (nSPS) is 15.1. The van der Waals surface area contributed by atoms with Crippen LogP contribution in [0.25, 0.3) is 0 Å². The molecule has 42 valence electrons. The minimum atomic E-state index is -0.381. The van der Waals surface area contributed by atoms with Crippen molar-refractivity contribution in [3.8, 4) is 0 Å². The standard InChI is InChI=1S/C4H10O2Si/c1-4(5)2-3-6-7/h2-5H,1,7H3. The highest BCUT2D eigenvalue weighted by molar-refractivity contribution is 5.98. The Kier molecular flexibility index (Phi) is 3.73. The smallest absolute Gasteiger partial charge is 0.203 e. The first-order valence-corrected chi connectivity index (χ1v) is 2.96. The van der Waals surface area contributed by atoms with Gasteiger partial charge in [-0.15, -0.1) is 0 Å². The summed E-state index contributed by atoms with van der Waals surface area (Å²) < 4.78 is 4.65. The van der Waals surface area contributed by atoms with Crippen LogP contribution in [0.1, 0.15) is 6.92 Å². The molecule has 7 heavy (non-hydrogen) atoms. The fourth-order valence-corrected chi connectivity index (χ4v) is 0.349. The lowest BCUT2D eigenvalue weighted by molar-refractivity contribution is 0.241. The van der Waals surface area contributed by atoms with Crippen LogP contribution in [0.15, 0.2) is 12.3 Å². The van der Waals surface area contributed by atoms with Crippen LogP contribution in [0.3, 0.4) is 0 Å². The van der Waals surface area contributed by atoms with Crippen molar-refractivity contribution in [3.63, 3.8) is 0 Å². The van der Waals surface area contributed by atoms with Gasteiger partial charge in [0.1, 0.15) is 0 Å². The molecule has 1 atom stereocenters. The molecule has 0 aromatic carbocycles. The summed E-state index contributed by atoms with van der Waals surface area (Å²) in [6, 6.07) is 0. The zero-order chi connectivity index (χ0) is 5.70. The van der Waals surface area contributed by atoms with Gasteiger partial charge in [0.15, 0.2) is 0 Å². The van der Waals surface area contributed by atoms with Crippen LogP contribution in [0.5, 0.6) is 0 Å². The molecule has 0 bridgehead atoms. The highest BCUT2D eigenvalue weighted by atomic mass is 28.2. The maximum Gasteiger partial charge on any atom is 0.203 e. The van der Waals surface area contributed by atoms with E-state index in [2.05, 4.69) is 4.43 Å². The summed E-state index contributed by atoms with van der Waals surface area (Å²) in [4.78, 5) is 0. The van der Waals surface area contributed by atoms with Gasteiger partial charge in [-0.3, -0.25) is 0 Å². The van der Waals surface area contributed by atoms with Crippen molar-refractivity contribution >= 4 is 10.5 Å². The van der Waals surface area contributed by atoms with Crippen molar-refractivity contribution in [2.75, 3.05) is 0 Å². The third-order valence-corrected chi connectivity index (χ3v) is 0.765. The highest BCUT2D eigenvalue weighted by Crippen LogP contribution is 1.80. The molecule has 1 N–H and O–H groups in total. The Hall–Kier alpha value is -0.283. The van der Waals surface area contributed by atoms with Gasteiger partial charge in [-0.25, -0.2) is 0 Å². The van der Waals surface area contributed by atoms with E-state index in [0.29, 0.717) is 10.5 Å². The van der Waals surface area contributed by atoms with Crippen LogP contribution in [0, 0.1) is 0 Å². The Bertz CT molecular complexity index is 60.7. The summed E-state index contributed by atoms with van der Waals surface area (Å²) in [5, 5.41) is 8.53. The summed E-state index contributed by atoms with van der Waals surface area (Å²) in [6.45, 7) is 1.68. The third-order valence-electron chi connectivity index (χ3n) is 0.493. The average molecular weight is 118 g/mol. The molecule has 1 unspecified atom stereocenters. The lowest BCUT2D eigenvalue weighted by Crippen LogP contribution is -1.91. The minimum Gasteiger partial charge on any atom is -0.558 e. The molecule has 0 fully saturated rings. The summed E-state index contributed by atoms with van der Waals surface area (Å²) in [5.41, 5.74) is 0. The fraction of sp³-hybridized carbons (Fsp3) is 0.500. The van der Waals surface area contributed by atoms with E-state index in [0.717, 1.165) is 0 Å². The van der Waals surface area contributed by atoms with Gasteiger partial charge in [-0.2, -0.15) is 0 Å². The number of hydrogen-bond acceptors (Lipinski definition) is 2. The lowest BCUT2D eigenvalue weighted by Gasteiger charge is -1.90. The van der Waals surface area contributed by atoms with Crippen molar-refractivity contribution in [3.05, 3.63) is 12.3 Å². The molecule has 0 rings (SSSR count). The van der Waals surface area contributed by atoms with Crippen LogP contribution in [-0.4, -0.2) is 21.7 Å². The minimum absolute atomic E-state index is 0.381. The molecule has 0 saturated carbocycles. The van der Waals surface area contributed by atoms with Gasteiger partial charge in [-0.1, -0.05) is 0 Å². The highest BCUT2D eigenvalue weighted by Gasteiger charge is 1.80. The first-order chi connectivity index (χ1) is 3.27. The zero-order valence-corrected chi connectivity index (χ0v) is 6.59. The van der Waals surface area contributed by atoms with Crippen LogP contribution in [0.4, 0.5) is 0 Å². The van der Waals surface area contributed by atoms with Crippen LogP contribution in [-0.2, 0) is 4.43 Å². The Morgan fingerprint density at radius 2 is 2.43 bits per heavy atom. The van der Waals surface area contributed by atoms with E-state index >= 15 is 0 Å². The molecular formula is C4H10O2Si. The van der Waals surface area contributed by atoms with E-state index in [1.165, 1.54) is 6.26 Å². The molecule has 0 spiro atoms.